The van der Waals surface area contributed by atoms with Gasteiger partial charge in [-0.1, -0.05) is 13.8 Å². The molecule has 2 amide bonds. The molecule has 0 aromatic heterocycles. The van der Waals surface area contributed by atoms with Crippen molar-refractivity contribution in [1.29, 1.82) is 0 Å². The van der Waals surface area contributed by atoms with Crippen LogP contribution in [0, 0.1) is 5.92 Å². The van der Waals surface area contributed by atoms with Crippen LogP contribution in [0.2, 0.25) is 0 Å². The van der Waals surface area contributed by atoms with Crippen molar-refractivity contribution in [2.24, 2.45) is 5.92 Å². The molecule has 1 aliphatic heterocycles. The van der Waals surface area contributed by atoms with Crippen LogP contribution in [0.1, 0.15) is 13.8 Å². The minimum atomic E-state index is -0.396. The Hall–Kier alpha value is -0.810. The first-order valence-corrected chi connectivity index (χ1v) is 4.75. The molecule has 0 aromatic carbocycles. The highest BCUT2D eigenvalue weighted by Gasteiger charge is 2.28. The van der Waals surface area contributed by atoms with Crippen molar-refractivity contribution in [2.75, 3.05) is 6.61 Å². The first-order valence-electron chi connectivity index (χ1n) is 3.93. The Bertz CT molecular complexity index is 283. The highest BCUT2D eigenvalue weighted by molar-refractivity contribution is 8.18. The van der Waals surface area contributed by atoms with Crippen molar-refractivity contribution in [2.45, 2.75) is 13.8 Å². The van der Waals surface area contributed by atoms with Crippen LogP contribution in [0.15, 0.2) is 10.5 Å². The van der Waals surface area contributed by atoms with E-state index in [1.807, 2.05) is 13.8 Å². The Morgan fingerprint density at radius 1 is 1.54 bits per heavy atom. The van der Waals surface area contributed by atoms with Crippen molar-refractivity contribution in [3.63, 3.8) is 0 Å². The summed E-state index contributed by atoms with van der Waals surface area (Å²) in [5.74, 6) is -0.322. The zero-order chi connectivity index (χ0) is 10.0. The summed E-state index contributed by atoms with van der Waals surface area (Å²) >= 11 is 0.855. The average molecular weight is 201 g/mol. The normalized spacial score (nSPS) is 20.9. The van der Waals surface area contributed by atoms with Crippen molar-refractivity contribution in [3.8, 4) is 0 Å². The lowest BCUT2D eigenvalue weighted by Crippen LogP contribution is -2.19. The number of aliphatic hydroxyl groups excluding tert-OH is 1. The van der Waals surface area contributed by atoms with Crippen LogP contribution in [-0.4, -0.2) is 22.9 Å². The Morgan fingerprint density at radius 2 is 2.15 bits per heavy atom. The van der Waals surface area contributed by atoms with E-state index in [4.69, 9.17) is 5.11 Å². The lowest BCUT2D eigenvalue weighted by Gasteiger charge is -2.08. The Kier molecular flexibility index (Phi) is 3.11. The molecule has 1 fully saturated rings. The van der Waals surface area contributed by atoms with Crippen LogP contribution in [0.4, 0.5) is 4.79 Å². The minimum absolute atomic E-state index is 0.0733. The van der Waals surface area contributed by atoms with Gasteiger partial charge in [-0.3, -0.25) is 14.9 Å². The lowest BCUT2D eigenvalue weighted by atomic mass is 10.0. The molecule has 0 radical (unpaired) electrons. The monoisotopic (exact) mass is 201 g/mol. The van der Waals surface area contributed by atoms with E-state index in [1.54, 1.807) is 0 Å². The number of thioether (sulfide) groups is 1. The number of carbonyl (C=O) groups is 2. The maximum atomic E-state index is 11.2. The molecule has 1 saturated heterocycles. The summed E-state index contributed by atoms with van der Waals surface area (Å²) in [5.41, 5.74) is 0.619. The van der Waals surface area contributed by atoms with Crippen molar-refractivity contribution in [3.05, 3.63) is 10.5 Å². The quantitative estimate of drug-likeness (QED) is 0.651. The fraction of sp³-hybridized carbons (Fsp3) is 0.500. The Morgan fingerprint density at radius 3 is 2.46 bits per heavy atom. The molecule has 4 nitrogen and oxygen atoms in total. The second-order valence-electron chi connectivity index (χ2n) is 3.01. The van der Waals surface area contributed by atoms with Gasteiger partial charge in [0, 0.05) is 0 Å². The number of nitrogens with one attached hydrogen (secondary N) is 1. The van der Waals surface area contributed by atoms with Crippen molar-refractivity contribution >= 4 is 22.9 Å². The molecular weight excluding hydrogens is 190 g/mol. The largest absolute Gasteiger partial charge is 0.392 e. The van der Waals surface area contributed by atoms with Gasteiger partial charge in [-0.15, -0.1) is 0 Å². The summed E-state index contributed by atoms with van der Waals surface area (Å²) < 4.78 is 0. The second-order valence-corrected chi connectivity index (χ2v) is 3.99. The Balaban J connectivity index is 3.01. The predicted molar refractivity (Wildman–Crippen MR) is 50.1 cm³/mol. The van der Waals surface area contributed by atoms with Crippen LogP contribution in [0.5, 0.6) is 0 Å². The molecule has 0 bridgehead atoms. The first kappa shape index (κ1) is 10.3. The number of rotatable bonds is 2. The molecule has 1 heterocycles. The number of imide groups is 1. The molecule has 5 heteroatoms. The summed E-state index contributed by atoms with van der Waals surface area (Å²) in [4.78, 5) is 22.3. The highest BCUT2D eigenvalue weighted by atomic mass is 32.2. The topological polar surface area (TPSA) is 66.4 Å². The SMILES string of the molecule is CC(C)/C(CO)=C1\SC(=O)NC1=O. The van der Waals surface area contributed by atoms with E-state index in [0.29, 0.717) is 10.5 Å². The summed E-state index contributed by atoms with van der Waals surface area (Å²) in [6, 6.07) is 0. The molecule has 0 spiro atoms. The molecule has 2 N–H and O–H groups in total. The van der Waals surface area contributed by atoms with Gasteiger partial charge in [0.05, 0.1) is 11.5 Å². The maximum absolute atomic E-state index is 11.2. The van der Waals surface area contributed by atoms with E-state index in [0.717, 1.165) is 11.8 Å². The third kappa shape index (κ3) is 2.10. The van der Waals surface area contributed by atoms with Crippen molar-refractivity contribution < 1.29 is 14.7 Å². The molecule has 0 atom stereocenters. The predicted octanol–water partition coefficient (Wildman–Crippen LogP) is 0.872. The number of aliphatic hydroxyl groups is 1. The number of hydrogen-bond acceptors (Lipinski definition) is 4. The van der Waals surface area contributed by atoms with Crippen LogP contribution < -0.4 is 5.32 Å². The average Bonchev–Trinajstić information content (AvgIpc) is 2.31. The van der Waals surface area contributed by atoms with Gasteiger partial charge >= 0.3 is 0 Å². The van der Waals surface area contributed by atoms with E-state index in [2.05, 4.69) is 5.32 Å². The van der Waals surface area contributed by atoms with Gasteiger partial charge in [0.15, 0.2) is 0 Å². The molecule has 0 aromatic rings. The molecular formula is C8H11NO3S. The molecule has 0 saturated carbocycles. The third-order valence-corrected chi connectivity index (χ3v) is 2.71. The van der Waals surface area contributed by atoms with Crippen molar-refractivity contribution in [1.82, 2.24) is 5.32 Å². The summed E-state index contributed by atoms with van der Waals surface area (Å²) in [7, 11) is 0. The third-order valence-electron chi connectivity index (χ3n) is 1.78. The van der Waals surface area contributed by atoms with E-state index in [-0.39, 0.29) is 17.8 Å². The van der Waals surface area contributed by atoms with Gasteiger partial charge in [0.1, 0.15) is 0 Å². The highest BCUT2D eigenvalue weighted by Crippen LogP contribution is 2.29. The smallest absolute Gasteiger partial charge is 0.290 e. The molecule has 13 heavy (non-hydrogen) atoms. The fourth-order valence-corrected chi connectivity index (χ4v) is 1.95. The summed E-state index contributed by atoms with van der Waals surface area (Å²) in [5, 5.41) is 10.8. The molecule has 0 aliphatic carbocycles. The molecule has 72 valence electrons. The van der Waals surface area contributed by atoms with Crippen LogP contribution >= 0.6 is 11.8 Å². The fourth-order valence-electron chi connectivity index (χ4n) is 1.04. The van der Waals surface area contributed by atoms with Crippen LogP contribution in [-0.2, 0) is 4.79 Å². The zero-order valence-corrected chi connectivity index (χ0v) is 8.27. The van der Waals surface area contributed by atoms with E-state index < -0.39 is 5.91 Å². The summed E-state index contributed by atoms with van der Waals surface area (Å²) in [6.07, 6.45) is 0. The summed E-state index contributed by atoms with van der Waals surface area (Å²) in [6.45, 7) is 3.56. The van der Waals surface area contributed by atoms with Crippen LogP contribution in [0.3, 0.4) is 0 Å². The van der Waals surface area contributed by atoms with E-state index in [1.165, 1.54) is 0 Å². The van der Waals surface area contributed by atoms with Crippen LogP contribution in [0.25, 0.3) is 0 Å². The van der Waals surface area contributed by atoms with Gasteiger partial charge < -0.3 is 5.11 Å². The standard InChI is InChI=1S/C8H11NO3S/c1-4(2)5(3-10)6-7(11)9-8(12)13-6/h4,10H,3H2,1-2H3,(H,9,11,12)/b6-5-. The minimum Gasteiger partial charge on any atom is -0.392 e. The second kappa shape index (κ2) is 3.93. The number of carbonyl (C=O) groups excluding carboxylic acids is 2. The van der Waals surface area contributed by atoms with Gasteiger partial charge in [0.25, 0.3) is 11.1 Å². The molecule has 1 rings (SSSR count). The maximum Gasteiger partial charge on any atom is 0.290 e. The first-order chi connectivity index (χ1) is 6.06. The Labute approximate surface area is 80.4 Å². The lowest BCUT2D eigenvalue weighted by molar-refractivity contribution is -0.115. The van der Waals surface area contributed by atoms with E-state index >= 15 is 0 Å². The molecule has 0 unspecified atom stereocenters. The van der Waals surface area contributed by atoms with Gasteiger partial charge in [-0.25, -0.2) is 0 Å². The van der Waals surface area contributed by atoms with E-state index in [9.17, 15) is 9.59 Å². The number of hydrogen-bond donors (Lipinski definition) is 2. The zero-order valence-electron chi connectivity index (χ0n) is 7.46. The van der Waals surface area contributed by atoms with Gasteiger partial charge in [-0.2, -0.15) is 0 Å². The van der Waals surface area contributed by atoms with Gasteiger partial charge in [0.2, 0.25) is 0 Å². The number of amides is 2. The molecule has 1 aliphatic rings. The van der Waals surface area contributed by atoms with Gasteiger partial charge in [-0.05, 0) is 23.3 Å².